The molecule has 0 aromatic carbocycles. The van der Waals surface area contributed by atoms with Gasteiger partial charge in [-0.2, -0.15) is 0 Å². The van der Waals surface area contributed by atoms with Crippen molar-refractivity contribution in [3.8, 4) is 0 Å². The Morgan fingerprint density at radius 1 is 1.47 bits per heavy atom. The zero-order valence-corrected chi connectivity index (χ0v) is 11.8. The first-order valence-electron chi connectivity index (χ1n) is 6.81. The summed E-state index contributed by atoms with van der Waals surface area (Å²) >= 11 is 0. The van der Waals surface area contributed by atoms with E-state index in [1.165, 1.54) is 0 Å². The van der Waals surface area contributed by atoms with Crippen LogP contribution in [0.1, 0.15) is 44.0 Å². The van der Waals surface area contributed by atoms with Crippen molar-refractivity contribution < 1.29 is 5.11 Å². The molecule has 1 aromatic heterocycles. The number of nitrogens with two attached hydrogens (primary N) is 1. The van der Waals surface area contributed by atoms with Crippen LogP contribution in [0.15, 0.2) is 0 Å². The molecule has 1 aromatic rings. The first-order valence-corrected chi connectivity index (χ1v) is 6.81. The van der Waals surface area contributed by atoms with Crippen LogP contribution in [-0.2, 0) is 0 Å². The molecule has 4 N–H and O–H groups in total. The van der Waals surface area contributed by atoms with E-state index in [-0.39, 0.29) is 18.6 Å². The molecule has 19 heavy (non-hydrogen) atoms. The van der Waals surface area contributed by atoms with Crippen LogP contribution < -0.4 is 16.2 Å². The largest absolute Gasteiger partial charge is 0.394 e. The van der Waals surface area contributed by atoms with Gasteiger partial charge in [-0.15, -0.1) is 0 Å². The second-order valence-electron chi connectivity index (χ2n) is 5.35. The molecule has 0 aliphatic carbocycles. The molecule has 106 valence electrons. The van der Waals surface area contributed by atoms with Crippen LogP contribution >= 0.6 is 0 Å². The van der Waals surface area contributed by atoms with Crippen molar-refractivity contribution in [3.05, 3.63) is 11.4 Å². The zero-order chi connectivity index (χ0) is 14.0. The number of nitrogens with zero attached hydrogens (tertiary/aromatic N) is 3. The fourth-order valence-electron chi connectivity index (χ4n) is 2.50. The van der Waals surface area contributed by atoms with Crippen LogP contribution in [0.3, 0.4) is 0 Å². The number of aliphatic hydroxyl groups excluding tert-OH is 1. The van der Waals surface area contributed by atoms with Crippen LogP contribution in [-0.4, -0.2) is 34.3 Å². The number of aliphatic hydroxyl groups is 1. The topological polar surface area (TPSA) is 87.3 Å². The minimum Gasteiger partial charge on any atom is -0.394 e. The number of nitrogens with one attached hydrogen (secondary N) is 1. The van der Waals surface area contributed by atoms with Gasteiger partial charge in [0.2, 0.25) is 0 Å². The molecule has 1 saturated heterocycles. The number of nitrogen functional groups attached to an aromatic ring is 1. The van der Waals surface area contributed by atoms with Crippen molar-refractivity contribution in [3.63, 3.8) is 0 Å². The summed E-state index contributed by atoms with van der Waals surface area (Å²) in [6, 6.07) is 0.152. The lowest BCUT2D eigenvalue weighted by Crippen LogP contribution is -2.34. The van der Waals surface area contributed by atoms with Gasteiger partial charge in [0.1, 0.15) is 17.5 Å². The van der Waals surface area contributed by atoms with Gasteiger partial charge in [0, 0.05) is 18.0 Å². The molecule has 0 saturated carbocycles. The quantitative estimate of drug-likeness (QED) is 0.559. The molecule has 2 heterocycles. The molecular weight excluding hydrogens is 242 g/mol. The summed E-state index contributed by atoms with van der Waals surface area (Å²) in [7, 11) is 0. The van der Waals surface area contributed by atoms with Crippen LogP contribution in [0.2, 0.25) is 0 Å². The van der Waals surface area contributed by atoms with E-state index in [9.17, 15) is 5.11 Å². The lowest BCUT2D eigenvalue weighted by Gasteiger charge is -2.27. The lowest BCUT2D eigenvalue weighted by molar-refractivity contribution is 0.266. The third-order valence-corrected chi connectivity index (χ3v) is 3.65. The zero-order valence-electron chi connectivity index (χ0n) is 11.8. The highest BCUT2D eigenvalue weighted by atomic mass is 16.3. The van der Waals surface area contributed by atoms with Crippen molar-refractivity contribution in [1.29, 1.82) is 0 Å². The normalized spacial score (nSPS) is 19.3. The van der Waals surface area contributed by atoms with Crippen molar-refractivity contribution in [1.82, 2.24) is 9.97 Å². The van der Waals surface area contributed by atoms with Gasteiger partial charge in [-0.05, 0) is 19.8 Å². The predicted molar refractivity (Wildman–Crippen MR) is 76.1 cm³/mol. The Bertz CT molecular complexity index is 449. The number of anilines is 2. The van der Waals surface area contributed by atoms with E-state index in [1.807, 2.05) is 6.92 Å². The summed E-state index contributed by atoms with van der Waals surface area (Å²) in [6.45, 7) is 7.16. The van der Waals surface area contributed by atoms with Crippen molar-refractivity contribution in [2.45, 2.75) is 45.6 Å². The van der Waals surface area contributed by atoms with E-state index in [2.05, 4.69) is 34.1 Å². The molecule has 1 aliphatic heterocycles. The second kappa shape index (κ2) is 5.71. The van der Waals surface area contributed by atoms with Gasteiger partial charge < -0.3 is 15.4 Å². The number of hydrazine groups is 1. The van der Waals surface area contributed by atoms with Gasteiger partial charge in [-0.1, -0.05) is 13.8 Å². The summed E-state index contributed by atoms with van der Waals surface area (Å²) in [6.07, 6.45) is 2.08. The van der Waals surface area contributed by atoms with E-state index in [4.69, 9.17) is 5.84 Å². The molecule has 1 unspecified atom stereocenters. The average Bonchev–Trinajstić information content (AvgIpc) is 2.86. The summed E-state index contributed by atoms with van der Waals surface area (Å²) in [5, 5.41) is 9.47. The van der Waals surface area contributed by atoms with E-state index < -0.39 is 0 Å². The summed E-state index contributed by atoms with van der Waals surface area (Å²) in [5.41, 5.74) is 3.58. The van der Waals surface area contributed by atoms with Gasteiger partial charge in [0.15, 0.2) is 0 Å². The molecule has 0 amide bonds. The highest BCUT2D eigenvalue weighted by Gasteiger charge is 2.27. The van der Waals surface area contributed by atoms with Crippen molar-refractivity contribution in [2.24, 2.45) is 5.84 Å². The van der Waals surface area contributed by atoms with Crippen LogP contribution in [0.4, 0.5) is 11.6 Å². The average molecular weight is 265 g/mol. The number of aromatic nitrogens is 2. The fraction of sp³-hybridized carbons (Fsp3) is 0.692. The Balaban J connectivity index is 2.45. The van der Waals surface area contributed by atoms with Crippen molar-refractivity contribution >= 4 is 11.6 Å². The Kier molecular flexibility index (Phi) is 4.21. The fourth-order valence-corrected chi connectivity index (χ4v) is 2.50. The van der Waals surface area contributed by atoms with Crippen LogP contribution in [0, 0.1) is 6.92 Å². The maximum atomic E-state index is 9.47. The van der Waals surface area contributed by atoms with Crippen LogP contribution in [0.25, 0.3) is 0 Å². The highest BCUT2D eigenvalue weighted by molar-refractivity contribution is 5.59. The highest BCUT2D eigenvalue weighted by Crippen LogP contribution is 2.30. The summed E-state index contributed by atoms with van der Waals surface area (Å²) in [4.78, 5) is 11.3. The minimum atomic E-state index is 0.152. The summed E-state index contributed by atoms with van der Waals surface area (Å²) < 4.78 is 0. The Morgan fingerprint density at radius 2 is 2.21 bits per heavy atom. The van der Waals surface area contributed by atoms with Gasteiger partial charge in [0.05, 0.1) is 12.6 Å². The van der Waals surface area contributed by atoms with Gasteiger partial charge in [0.25, 0.3) is 0 Å². The van der Waals surface area contributed by atoms with E-state index in [0.717, 1.165) is 36.6 Å². The Labute approximate surface area is 114 Å². The van der Waals surface area contributed by atoms with Gasteiger partial charge in [-0.3, -0.25) is 0 Å². The van der Waals surface area contributed by atoms with E-state index in [0.29, 0.717) is 5.82 Å². The molecule has 0 spiro atoms. The Hall–Kier alpha value is -1.40. The first-order chi connectivity index (χ1) is 9.08. The molecule has 6 nitrogen and oxygen atoms in total. The van der Waals surface area contributed by atoms with Crippen LogP contribution in [0.5, 0.6) is 0 Å². The smallest absolute Gasteiger partial charge is 0.148 e. The maximum absolute atomic E-state index is 9.47. The second-order valence-corrected chi connectivity index (χ2v) is 5.35. The van der Waals surface area contributed by atoms with Gasteiger partial charge >= 0.3 is 0 Å². The molecule has 2 rings (SSSR count). The van der Waals surface area contributed by atoms with E-state index >= 15 is 0 Å². The third kappa shape index (κ3) is 2.64. The minimum absolute atomic E-state index is 0.152. The molecule has 1 fully saturated rings. The molecule has 6 heteroatoms. The summed E-state index contributed by atoms with van der Waals surface area (Å²) in [5.74, 6) is 8.11. The van der Waals surface area contributed by atoms with E-state index in [1.54, 1.807) is 0 Å². The maximum Gasteiger partial charge on any atom is 0.148 e. The molecule has 1 atom stereocenters. The first kappa shape index (κ1) is 14.0. The SMILES string of the molecule is Cc1c(NN)nc(C(C)C)nc1N1CCCC1CO. The molecular formula is C13H23N5O. The Morgan fingerprint density at radius 3 is 2.79 bits per heavy atom. The third-order valence-electron chi connectivity index (χ3n) is 3.65. The number of rotatable bonds is 4. The van der Waals surface area contributed by atoms with Gasteiger partial charge in [-0.25, -0.2) is 15.8 Å². The number of hydrogen-bond donors (Lipinski definition) is 3. The molecule has 1 aliphatic rings. The predicted octanol–water partition coefficient (Wildman–Crippen LogP) is 1.16. The molecule has 0 bridgehead atoms. The lowest BCUT2D eigenvalue weighted by atomic mass is 10.2. The van der Waals surface area contributed by atoms with Crippen molar-refractivity contribution in [2.75, 3.05) is 23.5 Å². The number of hydrogen-bond acceptors (Lipinski definition) is 6. The molecule has 0 radical (unpaired) electrons. The monoisotopic (exact) mass is 265 g/mol. The standard InChI is InChI=1S/C13H23N5O/c1-8(2)11-15-12(17-14)9(3)13(16-11)18-6-4-5-10(18)7-19/h8,10,19H,4-7,14H2,1-3H3,(H,15,16,17).